The Balaban J connectivity index is 1.97. The summed E-state index contributed by atoms with van der Waals surface area (Å²) in [4.78, 5) is 4.17. The summed E-state index contributed by atoms with van der Waals surface area (Å²) >= 11 is 0. The minimum absolute atomic E-state index is 0.147. The SMILES string of the molecule is CCCC1(c2nc(COCC(F)(F)F)no2)CCCN1. The van der Waals surface area contributed by atoms with Crippen LogP contribution in [0.1, 0.15) is 44.3 Å². The molecule has 1 atom stereocenters. The highest BCUT2D eigenvalue weighted by molar-refractivity contribution is 5.06. The molecule has 0 radical (unpaired) electrons. The van der Waals surface area contributed by atoms with Crippen molar-refractivity contribution < 1.29 is 22.4 Å². The lowest BCUT2D eigenvalue weighted by molar-refractivity contribution is -0.177. The van der Waals surface area contributed by atoms with Crippen LogP contribution in [0.2, 0.25) is 0 Å². The summed E-state index contributed by atoms with van der Waals surface area (Å²) in [5, 5.41) is 7.05. The standard InChI is InChI=1S/C12H18F3N3O2/c1-2-4-11(5-3-6-16-11)10-17-9(18-20-10)7-19-8-12(13,14)15/h16H,2-8H2,1H3. The van der Waals surface area contributed by atoms with Gasteiger partial charge in [-0.2, -0.15) is 18.2 Å². The summed E-state index contributed by atoms with van der Waals surface area (Å²) in [5.41, 5.74) is -0.329. The second-order valence-electron chi connectivity index (χ2n) is 4.99. The topological polar surface area (TPSA) is 60.2 Å². The van der Waals surface area contributed by atoms with Crippen LogP contribution in [0.5, 0.6) is 0 Å². The molecule has 1 aromatic rings. The van der Waals surface area contributed by atoms with Crippen molar-refractivity contribution in [2.45, 2.75) is 50.9 Å². The number of nitrogens with one attached hydrogen (secondary N) is 1. The molecule has 0 spiro atoms. The zero-order valence-electron chi connectivity index (χ0n) is 11.3. The molecule has 1 aromatic heterocycles. The van der Waals surface area contributed by atoms with Crippen molar-refractivity contribution in [3.05, 3.63) is 11.7 Å². The molecule has 2 rings (SSSR count). The highest BCUT2D eigenvalue weighted by atomic mass is 19.4. The first kappa shape index (κ1) is 15.2. The Kier molecular flexibility index (Phi) is 4.64. The van der Waals surface area contributed by atoms with E-state index in [0.29, 0.717) is 5.89 Å². The van der Waals surface area contributed by atoms with Gasteiger partial charge < -0.3 is 14.6 Å². The van der Waals surface area contributed by atoms with Crippen molar-refractivity contribution in [1.82, 2.24) is 15.5 Å². The average molecular weight is 293 g/mol. The highest BCUT2D eigenvalue weighted by Crippen LogP contribution is 2.34. The van der Waals surface area contributed by atoms with E-state index in [1.807, 2.05) is 0 Å². The molecule has 8 heteroatoms. The first-order valence-electron chi connectivity index (χ1n) is 6.68. The fraction of sp³-hybridized carbons (Fsp3) is 0.833. The van der Waals surface area contributed by atoms with Crippen LogP contribution in [0.3, 0.4) is 0 Å². The van der Waals surface area contributed by atoms with Crippen molar-refractivity contribution in [3.63, 3.8) is 0 Å². The van der Waals surface area contributed by atoms with Gasteiger partial charge in [-0.15, -0.1) is 0 Å². The van der Waals surface area contributed by atoms with Gasteiger partial charge in [-0.05, 0) is 25.8 Å². The molecular formula is C12H18F3N3O2. The molecule has 0 bridgehead atoms. The lowest BCUT2D eigenvalue weighted by atomic mass is 9.92. The number of hydrogen-bond donors (Lipinski definition) is 1. The fourth-order valence-corrected chi connectivity index (χ4v) is 2.50. The van der Waals surface area contributed by atoms with Crippen molar-refractivity contribution in [3.8, 4) is 0 Å². The molecule has 0 saturated carbocycles. The molecule has 5 nitrogen and oxygen atoms in total. The molecule has 0 aliphatic carbocycles. The monoisotopic (exact) mass is 293 g/mol. The molecule has 1 fully saturated rings. The molecular weight excluding hydrogens is 275 g/mol. The maximum atomic E-state index is 12.0. The Hall–Kier alpha value is -1.15. The molecule has 114 valence electrons. The van der Waals surface area contributed by atoms with Crippen LogP contribution in [0, 0.1) is 0 Å². The van der Waals surface area contributed by atoms with Gasteiger partial charge >= 0.3 is 6.18 Å². The zero-order valence-corrected chi connectivity index (χ0v) is 11.3. The summed E-state index contributed by atoms with van der Waals surface area (Å²) in [6.45, 7) is 1.33. The first-order chi connectivity index (χ1) is 9.45. The number of halogens is 3. The van der Waals surface area contributed by atoms with Gasteiger partial charge in [0.1, 0.15) is 13.2 Å². The van der Waals surface area contributed by atoms with Crippen LogP contribution in [-0.4, -0.2) is 29.5 Å². The van der Waals surface area contributed by atoms with E-state index in [1.54, 1.807) is 0 Å². The number of alkyl halides is 3. The number of rotatable bonds is 6. The van der Waals surface area contributed by atoms with Crippen LogP contribution in [0.25, 0.3) is 0 Å². The van der Waals surface area contributed by atoms with Gasteiger partial charge in [-0.1, -0.05) is 18.5 Å². The normalized spacial score (nSPS) is 23.4. The van der Waals surface area contributed by atoms with Gasteiger partial charge in [0.05, 0.1) is 5.54 Å². The Morgan fingerprint density at radius 3 is 2.85 bits per heavy atom. The predicted molar refractivity (Wildman–Crippen MR) is 63.8 cm³/mol. The maximum Gasteiger partial charge on any atom is 0.411 e. The van der Waals surface area contributed by atoms with Gasteiger partial charge in [0.25, 0.3) is 0 Å². The van der Waals surface area contributed by atoms with E-state index in [9.17, 15) is 13.2 Å². The molecule has 1 saturated heterocycles. The molecule has 1 aliphatic rings. The minimum atomic E-state index is -4.34. The molecule has 0 amide bonds. The Morgan fingerprint density at radius 2 is 2.25 bits per heavy atom. The van der Waals surface area contributed by atoms with Gasteiger partial charge in [0, 0.05) is 0 Å². The lowest BCUT2D eigenvalue weighted by Gasteiger charge is -2.24. The Bertz CT molecular complexity index is 428. The summed E-state index contributed by atoms with van der Waals surface area (Å²) in [5.74, 6) is 0.593. The van der Waals surface area contributed by atoms with Gasteiger partial charge in [-0.3, -0.25) is 0 Å². The minimum Gasteiger partial charge on any atom is -0.364 e. The third-order valence-electron chi connectivity index (χ3n) is 3.29. The van der Waals surface area contributed by atoms with Crippen molar-refractivity contribution in [2.24, 2.45) is 0 Å². The quantitative estimate of drug-likeness (QED) is 0.873. The molecule has 1 unspecified atom stereocenters. The molecule has 0 aromatic carbocycles. The second kappa shape index (κ2) is 6.09. The van der Waals surface area contributed by atoms with Crippen LogP contribution < -0.4 is 5.32 Å². The van der Waals surface area contributed by atoms with Gasteiger partial charge in [0.2, 0.25) is 5.89 Å². The summed E-state index contributed by atoms with van der Waals surface area (Å²) in [7, 11) is 0. The van der Waals surface area contributed by atoms with Gasteiger partial charge in [0.15, 0.2) is 5.82 Å². The summed E-state index contributed by atoms with van der Waals surface area (Å²) in [6, 6.07) is 0. The average Bonchev–Trinajstić information content (AvgIpc) is 2.97. The first-order valence-corrected chi connectivity index (χ1v) is 6.68. The third kappa shape index (κ3) is 3.69. The number of hydrogen-bond acceptors (Lipinski definition) is 5. The third-order valence-corrected chi connectivity index (χ3v) is 3.29. The predicted octanol–water partition coefficient (Wildman–Crippen LogP) is 2.53. The highest BCUT2D eigenvalue weighted by Gasteiger charge is 2.39. The number of ether oxygens (including phenoxy) is 1. The summed E-state index contributed by atoms with van der Waals surface area (Å²) < 4.78 is 45.6. The number of nitrogens with zero attached hydrogens (tertiary/aromatic N) is 2. The Morgan fingerprint density at radius 1 is 1.45 bits per heavy atom. The molecule has 2 heterocycles. The lowest BCUT2D eigenvalue weighted by Crippen LogP contribution is -2.37. The molecule has 1 N–H and O–H groups in total. The van der Waals surface area contributed by atoms with E-state index < -0.39 is 12.8 Å². The smallest absolute Gasteiger partial charge is 0.364 e. The van der Waals surface area contributed by atoms with E-state index >= 15 is 0 Å². The fourth-order valence-electron chi connectivity index (χ4n) is 2.50. The van der Waals surface area contributed by atoms with Crippen molar-refractivity contribution in [2.75, 3.05) is 13.2 Å². The van der Waals surface area contributed by atoms with Crippen LogP contribution in [-0.2, 0) is 16.9 Å². The largest absolute Gasteiger partial charge is 0.411 e. The van der Waals surface area contributed by atoms with Gasteiger partial charge in [-0.25, -0.2) is 0 Å². The maximum absolute atomic E-state index is 12.0. The van der Waals surface area contributed by atoms with E-state index in [1.165, 1.54) is 0 Å². The van der Waals surface area contributed by atoms with Crippen molar-refractivity contribution in [1.29, 1.82) is 0 Å². The van der Waals surface area contributed by atoms with E-state index in [-0.39, 0.29) is 18.0 Å². The molecule has 20 heavy (non-hydrogen) atoms. The summed E-state index contributed by atoms with van der Waals surface area (Å²) in [6.07, 6.45) is -0.621. The van der Waals surface area contributed by atoms with E-state index in [2.05, 4.69) is 27.1 Å². The van der Waals surface area contributed by atoms with Crippen LogP contribution in [0.4, 0.5) is 13.2 Å². The second-order valence-corrected chi connectivity index (χ2v) is 4.99. The zero-order chi connectivity index (χ0) is 14.6. The van der Waals surface area contributed by atoms with Crippen LogP contribution in [0.15, 0.2) is 4.52 Å². The van der Waals surface area contributed by atoms with Crippen LogP contribution >= 0.6 is 0 Å². The van der Waals surface area contributed by atoms with E-state index in [0.717, 1.165) is 32.2 Å². The molecule has 1 aliphatic heterocycles. The number of aromatic nitrogens is 2. The Labute approximate surface area is 114 Å². The van der Waals surface area contributed by atoms with E-state index in [4.69, 9.17) is 4.52 Å². The van der Waals surface area contributed by atoms with Crippen molar-refractivity contribution >= 4 is 0 Å².